The molecule has 0 radical (unpaired) electrons. The number of anilines is 1. The van der Waals surface area contributed by atoms with Crippen molar-refractivity contribution >= 4 is 17.4 Å². The van der Waals surface area contributed by atoms with Crippen LogP contribution in [-0.4, -0.2) is 54.0 Å². The number of carbonyl (C=O) groups is 1. The van der Waals surface area contributed by atoms with Crippen LogP contribution >= 0.6 is 0 Å². The highest BCUT2D eigenvalue weighted by atomic mass is 16.2. The summed E-state index contributed by atoms with van der Waals surface area (Å²) < 4.78 is 3.31. The van der Waals surface area contributed by atoms with Crippen LogP contribution in [-0.2, 0) is 11.8 Å². The fourth-order valence-electron chi connectivity index (χ4n) is 3.63. The Morgan fingerprint density at radius 1 is 1.27 bits per heavy atom. The van der Waals surface area contributed by atoms with Gasteiger partial charge in [-0.05, 0) is 25.5 Å². The van der Waals surface area contributed by atoms with E-state index in [0.717, 1.165) is 23.4 Å². The molecule has 0 aliphatic carbocycles. The van der Waals surface area contributed by atoms with Gasteiger partial charge in [0.25, 0.3) is 0 Å². The van der Waals surface area contributed by atoms with Gasteiger partial charge in [-0.2, -0.15) is 5.10 Å². The van der Waals surface area contributed by atoms with Crippen molar-refractivity contribution in [3.63, 3.8) is 0 Å². The number of hydrogen-bond donors (Lipinski definition) is 1. The molecule has 0 unspecified atom stereocenters. The third kappa shape index (κ3) is 3.00. The smallest absolute Gasteiger partial charge is 0.222 e. The van der Waals surface area contributed by atoms with Gasteiger partial charge in [0.05, 0.1) is 12.2 Å². The Hall–Kier alpha value is -2.97. The molecule has 1 aliphatic heterocycles. The molecule has 9 heteroatoms. The average molecular weight is 354 g/mol. The summed E-state index contributed by atoms with van der Waals surface area (Å²) in [6.07, 6.45) is 5.22. The third-order valence-electron chi connectivity index (χ3n) is 4.91. The number of nitrogens with one attached hydrogen (secondary N) is 1. The lowest BCUT2D eigenvalue weighted by molar-refractivity contribution is -0.136. The molecule has 4 rings (SSSR count). The van der Waals surface area contributed by atoms with Gasteiger partial charge in [-0.25, -0.2) is 4.98 Å². The SMILES string of the molecule is Cc1nc2ccc(NC[C@H]3CCC(=O)N(C)[C@@H]3c3cnn(C)c3)nn2n1. The van der Waals surface area contributed by atoms with Crippen molar-refractivity contribution in [1.82, 2.24) is 34.5 Å². The molecular formula is C17H22N8O. The molecule has 3 aromatic heterocycles. The first-order valence-electron chi connectivity index (χ1n) is 8.70. The van der Waals surface area contributed by atoms with E-state index in [1.165, 1.54) is 4.63 Å². The zero-order chi connectivity index (χ0) is 18.3. The Morgan fingerprint density at radius 3 is 2.88 bits per heavy atom. The monoisotopic (exact) mass is 354 g/mol. The van der Waals surface area contributed by atoms with Crippen LogP contribution in [0.1, 0.15) is 30.3 Å². The van der Waals surface area contributed by atoms with Gasteiger partial charge in [0, 0.05) is 44.7 Å². The van der Waals surface area contributed by atoms with Gasteiger partial charge in [0.2, 0.25) is 5.91 Å². The van der Waals surface area contributed by atoms with Crippen LogP contribution in [0.2, 0.25) is 0 Å². The van der Waals surface area contributed by atoms with Crippen LogP contribution in [0.4, 0.5) is 5.82 Å². The maximum Gasteiger partial charge on any atom is 0.222 e. The normalized spacial score (nSPS) is 20.7. The lowest BCUT2D eigenvalue weighted by Gasteiger charge is -2.38. The maximum atomic E-state index is 12.2. The van der Waals surface area contributed by atoms with Gasteiger partial charge in [0.15, 0.2) is 5.65 Å². The quantitative estimate of drug-likeness (QED) is 0.756. The second kappa shape index (κ2) is 6.40. The zero-order valence-electron chi connectivity index (χ0n) is 15.1. The molecule has 0 saturated carbocycles. The van der Waals surface area contributed by atoms with Crippen molar-refractivity contribution in [2.24, 2.45) is 13.0 Å². The number of carbonyl (C=O) groups excluding carboxylic acids is 1. The van der Waals surface area contributed by atoms with Crippen molar-refractivity contribution in [1.29, 1.82) is 0 Å². The maximum absolute atomic E-state index is 12.2. The van der Waals surface area contributed by atoms with E-state index in [1.807, 2.05) is 50.4 Å². The topological polar surface area (TPSA) is 93.2 Å². The minimum atomic E-state index is 0.00907. The lowest BCUT2D eigenvalue weighted by atomic mass is 9.85. The molecule has 9 nitrogen and oxygen atoms in total. The number of aryl methyl sites for hydroxylation is 2. The van der Waals surface area contributed by atoms with Crippen LogP contribution in [0.5, 0.6) is 0 Å². The molecule has 0 spiro atoms. The molecule has 0 bridgehead atoms. The number of rotatable bonds is 4. The highest BCUT2D eigenvalue weighted by Gasteiger charge is 2.35. The van der Waals surface area contributed by atoms with Gasteiger partial charge in [0.1, 0.15) is 11.6 Å². The van der Waals surface area contributed by atoms with Crippen LogP contribution in [0, 0.1) is 12.8 Å². The molecule has 1 fully saturated rings. The van der Waals surface area contributed by atoms with E-state index in [9.17, 15) is 4.79 Å². The molecule has 2 atom stereocenters. The Labute approximate surface area is 151 Å². The second-order valence-corrected chi connectivity index (χ2v) is 6.80. The minimum Gasteiger partial charge on any atom is -0.368 e. The van der Waals surface area contributed by atoms with E-state index in [4.69, 9.17) is 0 Å². The van der Waals surface area contributed by atoms with Gasteiger partial charge in [-0.3, -0.25) is 9.48 Å². The zero-order valence-corrected chi connectivity index (χ0v) is 15.1. The molecule has 1 saturated heterocycles. The fourth-order valence-corrected chi connectivity index (χ4v) is 3.63. The van der Waals surface area contributed by atoms with Crippen LogP contribution in [0.3, 0.4) is 0 Å². The Balaban J connectivity index is 1.53. The highest BCUT2D eigenvalue weighted by molar-refractivity contribution is 5.77. The van der Waals surface area contributed by atoms with Crippen LogP contribution in [0.25, 0.3) is 5.65 Å². The van der Waals surface area contributed by atoms with Gasteiger partial charge in [-0.15, -0.1) is 14.8 Å². The van der Waals surface area contributed by atoms with E-state index in [1.54, 1.807) is 4.68 Å². The molecule has 1 amide bonds. The van der Waals surface area contributed by atoms with Crippen LogP contribution < -0.4 is 5.32 Å². The van der Waals surface area contributed by atoms with Crippen molar-refractivity contribution in [3.05, 3.63) is 35.9 Å². The summed E-state index contributed by atoms with van der Waals surface area (Å²) in [7, 11) is 3.76. The van der Waals surface area contributed by atoms with Crippen molar-refractivity contribution in [3.8, 4) is 0 Å². The molecular weight excluding hydrogens is 332 g/mol. The molecule has 1 N–H and O–H groups in total. The summed E-state index contributed by atoms with van der Waals surface area (Å²) in [5.41, 5.74) is 1.79. The fraction of sp³-hybridized carbons (Fsp3) is 0.471. The molecule has 26 heavy (non-hydrogen) atoms. The molecule has 1 aliphatic rings. The number of hydrogen-bond acceptors (Lipinski definition) is 6. The second-order valence-electron chi connectivity index (χ2n) is 6.80. The lowest BCUT2D eigenvalue weighted by Crippen LogP contribution is -2.42. The third-order valence-corrected chi connectivity index (χ3v) is 4.91. The highest BCUT2D eigenvalue weighted by Crippen LogP contribution is 2.35. The summed E-state index contributed by atoms with van der Waals surface area (Å²) in [6.45, 7) is 2.55. The standard InChI is InChI=1S/C17H22N8O/c1-11-20-15-6-5-14(22-25(15)21-11)18-8-12-4-7-16(26)24(3)17(12)13-9-19-23(2)10-13/h5-6,9-10,12,17H,4,7-8H2,1-3H3,(H,18,22)/t12-,17+/m1/s1. The predicted octanol–water partition coefficient (Wildman–Crippen LogP) is 1.19. The number of piperidine rings is 1. The predicted molar refractivity (Wildman–Crippen MR) is 95.5 cm³/mol. The van der Waals surface area contributed by atoms with E-state index < -0.39 is 0 Å². The van der Waals surface area contributed by atoms with Gasteiger partial charge >= 0.3 is 0 Å². The first-order chi connectivity index (χ1) is 12.5. The average Bonchev–Trinajstić information content (AvgIpc) is 3.20. The van der Waals surface area contributed by atoms with Gasteiger partial charge < -0.3 is 10.2 Å². The number of amides is 1. The summed E-state index contributed by atoms with van der Waals surface area (Å²) in [4.78, 5) is 18.3. The van der Waals surface area contributed by atoms with E-state index in [0.29, 0.717) is 18.8 Å². The summed E-state index contributed by atoms with van der Waals surface area (Å²) in [5.74, 6) is 1.88. The summed E-state index contributed by atoms with van der Waals surface area (Å²) >= 11 is 0. The molecule has 0 aromatic carbocycles. The first kappa shape index (κ1) is 16.5. The largest absolute Gasteiger partial charge is 0.368 e. The van der Waals surface area contributed by atoms with Crippen molar-refractivity contribution < 1.29 is 4.79 Å². The summed E-state index contributed by atoms with van der Waals surface area (Å²) in [5, 5.41) is 16.4. The Morgan fingerprint density at radius 2 is 2.12 bits per heavy atom. The Bertz CT molecular complexity index is 945. The van der Waals surface area contributed by atoms with E-state index >= 15 is 0 Å². The first-order valence-corrected chi connectivity index (χ1v) is 8.70. The summed E-state index contributed by atoms with van der Waals surface area (Å²) in [6, 6.07) is 3.81. The Kier molecular flexibility index (Phi) is 4.06. The van der Waals surface area contributed by atoms with Gasteiger partial charge in [-0.1, -0.05) is 0 Å². The number of aromatic nitrogens is 6. The van der Waals surface area contributed by atoms with Crippen molar-refractivity contribution in [2.45, 2.75) is 25.8 Å². The number of fused-ring (bicyclic) bond motifs is 1. The molecule has 3 aromatic rings. The minimum absolute atomic E-state index is 0.00907. The van der Waals surface area contributed by atoms with Crippen molar-refractivity contribution in [2.75, 3.05) is 18.9 Å². The van der Waals surface area contributed by atoms with E-state index in [2.05, 4.69) is 25.6 Å². The number of nitrogens with zero attached hydrogens (tertiary/aromatic N) is 7. The number of likely N-dealkylation sites (tertiary alicyclic amines) is 1. The molecule has 4 heterocycles. The van der Waals surface area contributed by atoms with Crippen LogP contribution in [0.15, 0.2) is 24.5 Å². The molecule has 136 valence electrons. The van der Waals surface area contributed by atoms with E-state index in [-0.39, 0.29) is 17.9 Å².